The first kappa shape index (κ1) is 40.8. The molecule has 0 unspecified atom stereocenters. The second kappa shape index (κ2) is 16.5. The number of fused-ring (bicyclic) bond motifs is 1. The first-order valence-corrected chi connectivity index (χ1v) is 19.5. The summed E-state index contributed by atoms with van der Waals surface area (Å²) >= 11 is 0. The van der Waals surface area contributed by atoms with Gasteiger partial charge in [0, 0.05) is 49.3 Å². The molecule has 3 heterocycles. The van der Waals surface area contributed by atoms with E-state index in [1.807, 2.05) is 58.0 Å². The van der Waals surface area contributed by atoms with Gasteiger partial charge in [-0.1, -0.05) is 78.8 Å². The minimum Gasteiger partial charge on any atom is -0.464 e. The summed E-state index contributed by atoms with van der Waals surface area (Å²) in [5.74, 6) is -0.313. The van der Waals surface area contributed by atoms with Gasteiger partial charge < -0.3 is 29.0 Å². The molecule has 294 valence electrons. The number of hydrogen-bond donors (Lipinski definition) is 1. The van der Waals surface area contributed by atoms with E-state index in [0.29, 0.717) is 42.1 Å². The Labute approximate surface area is 320 Å². The molecule has 1 aromatic carbocycles. The van der Waals surface area contributed by atoms with Crippen LogP contribution in [-0.2, 0) is 31.1 Å². The van der Waals surface area contributed by atoms with Gasteiger partial charge in [-0.2, -0.15) is 0 Å². The topological polar surface area (TPSA) is 131 Å². The predicted octanol–water partition coefficient (Wildman–Crippen LogP) is 8.15. The molecule has 1 aliphatic carbocycles. The van der Waals surface area contributed by atoms with Crippen molar-refractivity contribution < 1.29 is 33.1 Å². The number of piperazine rings is 1. The lowest BCUT2D eigenvalue weighted by atomic mass is 9.72. The Morgan fingerprint density at radius 2 is 1.67 bits per heavy atom. The number of esters is 1. The van der Waals surface area contributed by atoms with Crippen LogP contribution in [0.2, 0.25) is 0 Å². The van der Waals surface area contributed by atoms with E-state index < -0.39 is 23.6 Å². The molecule has 1 atom stereocenters. The molecular formula is C43H60N4O7. The number of furan rings is 1. The van der Waals surface area contributed by atoms with Crippen LogP contribution in [0.1, 0.15) is 134 Å². The highest BCUT2D eigenvalue weighted by molar-refractivity contribution is 5.96. The van der Waals surface area contributed by atoms with Gasteiger partial charge in [0.2, 0.25) is 5.91 Å². The lowest BCUT2D eigenvalue weighted by Crippen LogP contribution is -2.62. The van der Waals surface area contributed by atoms with Crippen molar-refractivity contribution in [3.8, 4) is 0 Å². The van der Waals surface area contributed by atoms with E-state index in [2.05, 4.69) is 46.0 Å². The van der Waals surface area contributed by atoms with Crippen molar-refractivity contribution >= 4 is 35.0 Å². The molecule has 3 amide bonds. The van der Waals surface area contributed by atoms with Crippen molar-refractivity contribution in [2.45, 2.75) is 130 Å². The van der Waals surface area contributed by atoms with Gasteiger partial charge in [0.25, 0.3) is 5.91 Å². The summed E-state index contributed by atoms with van der Waals surface area (Å²) in [4.78, 5) is 61.9. The molecule has 0 radical (unpaired) electrons. The summed E-state index contributed by atoms with van der Waals surface area (Å²) in [7, 11) is 0. The molecule has 1 saturated heterocycles. The van der Waals surface area contributed by atoms with Crippen LogP contribution < -0.4 is 5.32 Å². The highest BCUT2D eigenvalue weighted by atomic mass is 16.6. The molecule has 3 aromatic rings. The summed E-state index contributed by atoms with van der Waals surface area (Å²) in [6.07, 6.45) is 3.78. The molecule has 11 nitrogen and oxygen atoms in total. The monoisotopic (exact) mass is 744 g/mol. The maximum absolute atomic E-state index is 14.1. The quantitative estimate of drug-likeness (QED) is 0.195. The van der Waals surface area contributed by atoms with Crippen molar-refractivity contribution in [1.82, 2.24) is 20.1 Å². The molecular weight excluding hydrogens is 684 g/mol. The van der Waals surface area contributed by atoms with Crippen LogP contribution in [0, 0.1) is 11.3 Å². The molecule has 1 N–H and O–H groups in total. The van der Waals surface area contributed by atoms with Gasteiger partial charge in [0.1, 0.15) is 18.2 Å². The first-order valence-electron chi connectivity index (χ1n) is 19.5. The van der Waals surface area contributed by atoms with E-state index >= 15 is 0 Å². The number of amides is 3. The molecule has 1 saturated carbocycles. The number of rotatable bonds is 11. The minimum absolute atomic E-state index is 0.00389. The molecule has 0 bridgehead atoms. The van der Waals surface area contributed by atoms with Crippen LogP contribution in [0.4, 0.5) is 4.79 Å². The van der Waals surface area contributed by atoms with E-state index in [4.69, 9.17) is 18.9 Å². The number of carbonyl (C=O) groups is 4. The summed E-state index contributed by atoms with van der Waals surface area (Å²) in [5.41, 5.74) is 3.71. The number of alkyl carbamates (subject to hydrolysis) is 1. The van der Waals surface area contributed by atoms with Gasteiger partial charge in [-0.15, -0.1) is 0 Å². The van der Waals surface area contributed by atoms with Crippen molar-refractivity contribution in [2.75, 3.05) is 26.2 Å². The number of nitrogens with one attached hydrogen (secondary N) is 1. The van der Waals surface area contributed by atoms with E-state index in [-0.39, 0.29) is 55.0 Å². The fraction of sp³-hybridized carbons (Fsp3) is 0.605. The lowest BCUT2D eigenvalue weighted by Gasteiger charge is -2.46. The highest BCUT2D eigenvalue weighted by Gasteiger charge is 2.40. The molecule has 0 spiro atoms. The Bertz CT molecular complexity index is 1800. The summed E-state index contributed by atoms with van der Waals surface area (Å²) in [6, 6.07) is 12.1. The van der Waals surface area contributed by atoms with Crippen molar-refractivity contribution in [1.29, 1.82) is 0 Å². The number of hydrogen-bond acceptors (Lipinski definition) is 8. The minimum atomic E-state index is -1.06. The van der Waals surface area contributed by atoms with E-state index in [1.54, 1.807) is 15.9 Å². The summed E-state index contributed by atoms with van der Waals surface area (Å²) in [5, 5.41) is 2.60. The molecule has 2 fully saturated rings. The number of ether oxygens (including phenoxy) is 2. The lowest BCUT2D eigenvalue weighted by molar-refractivity contribution is -0.147. The standard InChI is InChI=1S/C43H60N4O7/c1-28(2)25-52-39(50)32(45-40(51)53-26-29-13-11-10-12-14-29)15-16-36(48)46-21-22-47(43(8,9)27-46)38(49)35-24-34-37(54-35)31(41(3,4)5)23-33(44-34)30-17-19-42(6,7)20-18-30/h10-14,23-24,28,30,32H,15-22,25-27H2,1-9H3,(H,45,51)/t32-/m0/s1. The van der Waals surface area contributed by atoms with E-state index in [0.717, 1.165) is 42.5 Å². The van der Waals surface area contributed by atoms with E-state index in [1.165, 1.54) is 0 Å². The zero-order valence-electron chi connectivity index (χ0n) is 33.8. The van der Waals surface area contributed by atoms with Crippen molar-refractivity contribution in [2.24, 2.45) is 11.3 Å². The van der Waals surface area contributed by atoms with Crippen LogP contribution in [0.3, 0.4) is 0 Å². The zero-order chi connectivity index (χ0) is 39.4. The maximum atomic E-state index is 14.1. The Morgan fingerprint density at radius 3 is 2.30 bits per heavy atom. The predicted molar refractivity (Wildman–Crippen MR) is 208 cm³/mol. The van der Waals surface area contributed by atoms with Crippen molar-refractivity contribution in [3.63, 3.8) is 0 Å². The average molecular weight is 745 g/mol. The Hall–Kier alpha value is -4.41. The van der Waals surface area contributed by atoms with Gasteiger partial charge in [-0.3, -0.25) is 9.59 Å². The molecule has 1 aliphatic heterocycles. The molecule has 5 rings (SSSR count). The zero-order valence-corrected chi connectivity index (χ0v) is 33.8. The van der Waals surface area contributed by atoms with E-state index in [9.17, 15) is 19.2 Å². The maximum Gasteiger partial charge on any atom is 0.408 e. The number of carbonyl (C=O) groups excluding carboxylic acids is 4. The fourth-order valence-electron chi connectivity index (χ4n) is 7.42. The second-order valence-corrected chi connectivity index (χ2v) is 18.0. The van der Waals surface area contributed by atoms with Crippen LogP contribution >= 0.6 is 0 Å². The van der Waals surface area contributed by atoms with Crippen LogP contribution in [0.5, 0.6) is 0 Å². The Kier molecular flexibility index (Phi) is 12.5. The highest BCUT2D eigenvalue weighted by Crippen LogP contribution is 2.43. The molecule has 54 heavy (non-hydrogen) atoms. The average Bonchev–Trinajstić information content (AvgIpc) is 3.54. The van der Waals surface area contributed by atoms with Crippen molar-refractivity contribution in [3.05, 3.63) is 65.0 Å². The molecule has 11 heteroatoms. The Morgan fingerprint density at radius 1 is 0.981 bits per heavy atom. The van der Waals surface area contributed by atoms with Gasteiger partial charge in [-0.25, -0.2) is 14.6 Å². The van der Waals surface area contributed by atoms with Gasteiger partial charge in [-0.05, 0) is 74.3 Å². The van der Waals surface area contributed by atoms with Gasteiger partial charge in [0.15, 0.2) is 11.3 Å². The third-order valence-electron chi connectivity index (χ3n) is 10.8. The summed E-state index contributed by atoms with van der Waals surface area (Å²) < 4.78 is 17.1. The first-order chi connectivity index (χ1) is 25.3. The van der Waals surface area contributed by atoms with Crippen LogP contribution in [-0.4, -0.2) is 76.5 Å². The molecule has 2 aliphatic rings. The normalized spacial score (nSPS) is 18.0. The Balaban J connectivity index is 1.24. The third-order valence-corrected chi connectivity index (χ3v) is 10.8. The number of pyridine rings is 1. The number of aromatic nitrogens is 1. The van der Waals surface area contributed by atoms with Crippen LogP contribution in [0.15, 0.2) is 46.9 Å². The van der Waals surface area contributed by atoms with Gasteiger partial charge in [0.05, 0.1) is 12.1 Å². The third kappa shape index (κ3) is 10.2. The second-order valence-electron chi connectivity index (χ2n) is 18.0. The molecule has 2 aromatic heterocycles. The van der Waals surface area contributed by atoms with Crippen LogP contribution in [0.25, 0.3) is 11.1 Å². The SMILES string of the molecule is CC(C)COC(=O)[C@H](CCC(=O)N1CCN(C(=O)c2cc3nc(C4CCC(C)(C)CC4)cc(C(C)(C)C)c3o2)C(C)(C)C1)NC(=O)OCc1ccccc1. The summed E-state index contributed by atoms with van der Waals surface area (Å²) in [6.45, 7) is 20.0. The largest absolute Gasteiger partial charge is 0.464 e. The number of nitrogens with zero attached hydrogens (tertiary/aromatic N) is 3. The smallest absolute Gasteiger partial charge is 0.408 e. The number of benzene rings is 1. The van der Waals surface area contributed by atoms with Gasteiger partial charge >= 0.3 is 12.1 Å². The fourth-order valence-corrected chi connectivity index (χ4v) is 7.42.